The van der Waals surface area contributed by atoms with E-state index in [0.717, 1.165) is 11.3 Å². The molecule has 0 aromatic carbocycles. The van der Waals surface area contributed by atoms with E-state index in [9.17, 15) is 4.79 Å². The molecule has 0 saturated heterocycles. The third-order valence-electron chi connectivity index (χ3n) is 2.90. The van der Waals surface area contributed by atoms with Gasteiger partial charge in [0.1, 0.15) is 0 Å². The van der Waals surface area contributed by atoms with Gasteiger partial charge in [0.05, 0.1) is 44.3 Å². The number of hydrogen-bond acceptors (Lipinski definition) is 4. The summed E-state index contributed by atoms with van der Waals surface area (Å²) in [6.45, 7) is 1.37. The minimum Gasteiger partial charge on any atom is -0.394 e. The summed E-state index contributed by atoms with van der Waals surface area (Å²) < 4.78 is 7.17. The highest BCUT2D eigenvalue weighted by Crippen LogP contribution is 2.24. The molecule has 1 aliphatic rings. The summed E-state index contributed by atoms with van der Waals surface area (Å²) in [6, 6.07) is -0.345. The molecule has 0 saturated carbocycles. The second kappa shape index (κ2) is 5.36. The van der Waals surface area contributed by atoms with Crippen LogP contribution in [0.1, 0.15) is 17.3 Å². The molecule has 0 bridgehead atoms. The second-order valence-corrected chi connectivity index (χ2v) is 4.40. The van der Waals surface area contributed by atoms with Crippen molar-refractivity contribution in [2.45, 2.75) is 19.2 Å². The fourth-order valence-electron chi connectivity index (χ4n) is 1.92. The predicted molar refractivity (Wildman–Crippen MR) is 63.9 cm³/mol. The maximum atomic E-state index is 11.6. The van der Waals surface area contributed by atoms with Crippen LogP contribution in [0.3, 0.4) is 0 Å². The smallest absolute Gasteiger partial charge is 0.317 e. The Kier molecular flexibility index (Phi) is 3.83. The molecule has 0 spiro atoms. The van der Waals surface area contributed by atoms with E-state index in [0.29, 0.717) is 19.8 Å². The first-order valence-corrected chi connectivity index (χ1v) is 5.84. The lowest BCUT2D eigenvalue weighted by Gasteiger charge is -2.25. The Morgan fingerprint density at radius 3 is 3.17 bits per heavy atom. The molecule has 2 amide bonds. The SMILES string of the molecule is CN(C)C(=O)NC1COCc2c1cnn2CCO. The van der Waals surface area contributed by atoms with E-state index in [1.807, 2.05) is 0 Å². The lowest BCUT2D eigenvalue weighted by atomic mass is 10.1. The van der Waals surface area contributed by atoms with Crippen molar-refractivity contribution in [2.75, 3.05) is 27.3 Å². The van der Waals surface area contributed by atoms with Crippen LogP contribution in [0.25, 0.3) is 0 Å². The molecule has 7 nitrogen and oxygen atoms in total. The number of nitrogens with zero attached hydrogens (tertiary/aromatic N) is 3. The monoisotopic (exact) mass is 254 g/mol. The van der Waals surface area contributed by atoms with Crippen LogP contribution in [0.15, 0.2) is 6.20 Å². The van der Waals surface area contributed by atoms with Crippen molar-refractivity contribution >= 4 is 6.03 Å². The minimum absolute atomic E-state index is 0.0306. The van der Waals surface area contributed by atoms with E-state index in [1.54, 1.807) is 25.0 Å². The van der Waals surface area contributed by atoms with E-state index < -0.39 is 0 Å². The van der Waals surface area contributed by atoms with E-state index in [2.05, 4.69) is 10.4 Å². The highest BCUT2D eigenvalue weighted by molar-refractivity contribution is 5.74. The molecule has 0 radical (unpaired) electrons. The summed E-state index contributed by atoms with van der Waals surface area (Å²) in [7, 11) is 3.38. The van der Waals surface area contributed by atoms with Crippen LogP contribution in [-0.4, -0.2) is 53.1 Å². The van der Waals surface area contributed by atoms with Gasteiger partial charge in [-0.15, -0.1) is 0 Å². The average molecular weight is 254 g/mol. The quantitative estimate of drug-likeness (QED) is 0.777. The molecule has 1 aromatic rings. The van der Waals surface area contributed by atoms with Crippen LogP contribution < -0.4 is 5.32 Å². The Bertz CT molecular complexity index is 430. The summed E-state index contributed by atoms with van der Waals surface area (Å²) in [5, 5.41) is 16.0. The van der Waals surface area contributed by atoms with Crippen LogP contribution in [0, 0.1) is 0 Å². The third-order valence-corrected chi connectivity index (χ3v) is 2.90. The Morgan fingerprint density at radius 1 is 1.72 bits per heavy atom. The van der Waals surface area contributed by atoms with Crippen LogP contribution in [0.4, 0.5) is 4.79 Å². The summed E-state index contributed by atoms with van der Waals surface area (Å²) in [5.74, 6) is 0. The van der Waals surface area contributed by atoms with E-state index >= 15 is 0 Å². The Labute approximate surface area is 105 Å². The van der Waals surface area contributed by atoms with Crippen molar-refractivity contribution in [2.24, 2.45) is 0 Å². The zero-order valence-electron chi connectivity index (χ0n) is 10.6. The van der Waals surface area contributed by atoms with Crippen molar-refractivity contribution in [3.8, 4) is 0 Å². The first kappa shape index (κ1) is 12.8. The molecular formula is C11H18N4O3. The van der Waals surface area contributed by atoms with Crippen molar-refractivity contribution in [3.05, 3.63) is 17.5 Å². The Morgan fingerprint density at radius 2 is 2.50 bits per heavy atom. The molecule has 2 heterocycles. The molecule has 1 unspecified atom stereocenters. The molecule has 2 N–H and O–H groups in total. The van der Waals surface area contributed by atoms with Gasteiger partial charge < -0.3 is 20.1 Å². The number of carbonyl (C=O) groups is 1. The number of nitrogens with one attached hydrogen (secondary N) is 1. The Balaban J connectivity index is 2.15. The van der Waals surface area contributed by atoms with Crippen molar-refractivity contribution in [1.29, 1.82) is 0 Å². The van der Waals surface area contributed by atoms with Gasteiger partial charge >= 0.3 is 6.03 Å². The van der Waals surface area contributed by atoms with Gasteiger partial charge in [-0.1, -0.05) is 0 Å². The fourth-order valence-corrected chi connectivity index (χ4v) is 1.92. The van der Waals surface area contributed by atoms with Crippen molar-refractivity contribution in [3.63, 3.8) is 0 Å². The van der Waals surface area contributed by atoms with Crippen molar-refractivity contribution in [1.82, 2.24) is 20.0 Å². The highest BCUT2D eigenvalue weighted by Gasteiger charge is 2.26. The maximum absolute atomic E-state index is 11.6. The summed E-state index contributed by atoms with van der Waals surface area (Å²) in [6.07, 6.45) is 1.73. The maximum Gasteiger partial charge on any atom is 0.317 e. The molecule has 18 heavy (non-hydrogen) atoms. The second-order valence-electron chi connectivity index (χ2n) is 4.40. The lowest BCUT2D eigenvalue weighted by Crippen LogP contribution is -2.40. The van der Waals surface area contributed by atoms with Gasteiger partial charge in [-0.05, 0) is 0 Å². The van der Waals surface area contributed by atoms with Crippen LogP contribution in [-0.2, 0) is 17.9 Å². The third kappa shape index (κ3) is 2.46. The molecule has 7 heteroatoms. The van der Waals surface area contributed by atoms with Gasteiger partial charge in [-0.3, -0.25) is 4.68 Å². The number of aromatic nitrogens is 2. The molecular weight excluding hydrogens is 236 g/mol. The topological polar surface area (TPSA) is 79.6 Å². The van der Waals surface area contributed by atoms with Gasteiger partial charge in [0.2, 0.25) is 0 Å². The molecule has 0 fully saturated rings. The van der Waals surface area contributed by atoms with Crippen LogP contribution in [0.5, 0.6) is 0 Å². The minimum atomic E-state index is -0.184. The van der Waals surface area contributed by atoms with Crippen LogP contribution >= 0.6 is 0 Å². The number of aliphatic hydroxyl groups is 1. The van der Waals surface area contributed by atoms with E-state index in [4.69, 9.17) is 9.84 Å². The highest BCUT2D eigenvalue weighted by atomic mass is 16.5. The fraction of sp³-hybridized carbons (Fsp3) is 0.636. The summed E-state index contributed by atoms with van der Waals surface area (Å²) >= 11 is 0. The van der Waals surface area contributed by atoms with Gasteiger partial charge in [0.15, 0.2) is 0 Å². The van der Waals surface area contributed by atoms with Gasteiger partial charge in [0.25, 0.3) is 0 Å². The number of rotatable bonds is 3. The van der Waals surface area contributed by atoms with Gasteiger partial charge in [-0.25, -0.2) is 4.79 Å². The van der Waals surface area contributed by atoms with Crippen LogP contribution in [0.2, 0.25) is 0 Å². The lowest BCUT2D eigenvalue weighted by molar-refractivity contribution is 0.0769. The largest absolute Gasteiger partial charge is 0.394 e. The van der Waals surface area contributed by atoms with Gasteiger partial charge in [-0.2, -0.15) is 5.10 Å². The molecule has 1 atom stereocenters. The number of urea groups is 1. The zero-order valence-corrected chi connectivity index (χ0v) is 10.6. The van der Waals surface area contributed by atoms with E-state index in [1.165, 1.54) is 4.90 Å². The molecule has 1 aromatic heterocycles. The number of fused-ring (bicyclic) bond motifs is 1. The zero-order chi connectivity index (χ0) is 13.1. The van der Waals surface area contributed by atoms with Crippen molar-refractivity contribution < 1.29 is 14.6 Å². The van der Waals surface area contributed by atoms with E-state index in [-0.39, 0.29) is 18.7 Å². The molecule has 2 rings (SSSR count). The number of hydrogen-bond donors (Lipinski definition) is 2. The number of carbonyl (C=O) groups excluding carboxylic acids is 1. The van der Waals surface area contributed by atoms with Gasteiger partial charge in [0, 0.05) is 19.7 Å². The first-order chi connectivity index (χ1) is 8.63. The normalized spacial score (nSPS) is 18.3. The summed E-state index contributed by atoms with van der Waals surface area (Å²) in [5.41, 5.74) is 1.88. The first-order valence-electron chi connectivity index (χ1n) is 5.84. The molecule has 1 aliphatic heterocycles. The number of aliphatic hydroxyl groups excluding tert-OH is 1. The predicted octanol–water partition coefficient (Wildman–Crippen LogP) is -0.282. The average Bonchev–Trinajstić information content (AvgIpc) is 2.74. The molecule has 100 valence electrons. The summed E-state index contributed by atoms with van der Waals surface area (Å²) in [4.78, 5) is 13.1. The molecule has 0 aliphatic carbocycles. The standard InChI is InChI=1S/C11H18N4O3/c1-14(2)11(17)13-9-6-18-7-10-8(9)5-12-15(10)3-4-16/h5,9,16H,3-4,6-7H2,1-2H3,(H,13,17). The Hall–Kier alpha value is -1.60. The number of ether oxygens (including phenoxy) is 1. The number of amides is 2.